The second kappa shape index (κ2) is 15.1. The Kier molecular flexibility index (Phi) is 13.5. The fraction of sp³-hybridized carbons (Fsp3) is 0.870. The minimum atomic E-state index is -0.867. The number of aliphatic hydroxyl groups excluding tert-OH is 2. The van der Waals surface area contributed by atoms with Crippen molar-refractivity contribution in [3.63, 3.8) is 0 Å². The molecule has 0 atom stereocenters. The number of hydrogen-bond acceptors (Lipinski definition) is 4. The number of nitrogens with zero attached hydrogens (tertiary/aromatic N) is 1. The van der Waals surface area contributed by atoms with Gasteiger partial charge in [0.1, 0.15) is 12.1 Å². The second-order valence-electron chi connectivity index (χ2n) is 8.20. The molecule has 4 nitrogen and oxygen atoms in total. The van der Waals surface area contributed by atoms with Crippen molar-refractivity contribution in [2.75, 3.05) is 19.8 Å². The van der Waals surface area contributed by atoms with Crippen molar-refractivity contribution in [3.05, 3.63) is 12.2 Å². The third-order valence-corrected chi connectivity index (χ3v) is 5.54. The largest absolute Gasteiger partial charge is 0.475 e. The maximum atomic E-state index is 9.35. The van der Waals surface area contributed by atoms with Gasteiger partial charge in [-0.15, -0.1) is 0 Å². The van der Waals surface area contributed by atoms with Crippen molar-refractivity contribution in [3.8, 4) is 0 Å². The molecular formula is C23H43NO3. The Bertz CT molecular complexity index is 416. The van der Waals surface area contributed by atoms with Gasteiger partial charge in [0.05, 0.1) is 13.2 Å². The number of aliphatic hydroxyl groups is 2. The molecule has 158 valence electrons. The molecule has 0 amide bonds. The van der Waals surface area contributed by atoms with Crippen LogP contribution >= 0.6 is 0 Å². The summed E-state index contributed by atoms with van der Waals surface area (Å²) in [6, 6.07) is 0. The van der Waals surface area contributed by atoms with E-state index in [9.17, 15) is 10.2 Å². The smallest absolute Gasteiger partial charge is 0.212 e. The van der Waals surface area contributed by atoms with Gasteiger partial charge in [-0.05, 0) is 12.8 Å². The highest BCUT2D eigenvalue weighted by molar-refractivity contribution is 5.94. The molecule has 0 aromatic carbocycles. The molecular weight excluding hydrogens is 338 g/mol. The van der Waals surface area contributed by atoms with E-state index in [0.717, 1.165) is 18.4 Å². The molecule has 0 aromatic heterocycles. The average Bonchev–Trinajstić information content (AvgIpc) is 3.13. The van der Waals surface area contributed by atoms with Gasteiger partial charge in [0.25, 0.3) is 0 Å². The lowest BCUT2D eigenvalue weighted by atomic mass is 10.0. The first kappa shape index (κ1) is 24.2. The average molecular weight is 382 g/mol. The molecule has 0 spiro atoms. The lowest BCUT2D eigenvalue weighted by molar-refractivity contribution is 0.0976. The highest BCUT2D eigenvalue weighted by atomic mass is 16.5. The molecule has 0 fully saturated rings. The van der Waals surface area contributed by atoms with Crippen LogP contribution in [-0.4, -0.2) is 41.5 Å². The SMILES string of the molecule is C=C(CCCCCCCCCCCCCCCC)C1=NC(CO)(CO)CO1. The van der Waals surface area contributed by atoms with Crippen molar-refractivity contribution >= 4 is 5.90 Å². The van der Waals surface area contributed by atoms with E-state index >= 15 is 0 Å². The summed E-state index contributed by atoms with van der Waals surface area (Å²) in [6.07, 6.45) is 19.8. The molecule has 0 bridgehead atoms. The molecule has 0 aliphatic carbocycles. The Hall–Kier alpha value is -0.870. The number of aliphatic imine (C=N–C) groups is 1. The molecule has 2 N–H and O–H groups in total. The quantitative estimate of drug-likeness (QED) is 0.305. The Labute approximate surface area is 167 Å². The van der Waals surface area contributed by atoms with Gasteiger partial charge in [-0.2, -0.15) is 0 Å². The van der Waals surface area contributed by atoms with Gasteiger partial charge >= 0.3 is 0 Å². The predicted octanol–water partition coefficient (Wildman–Crippen LogP) is 5.57. The fourth-order valence-electron chi connectivity index (χ4n) is 3.52. The molecule has 1 aliphatic rings. The standard InChI is InChI=1S/C23H43NO3/c1-3-4-5-6-7-8-9-10-11-12-13-14-15-16-17-21(2)22-24-23(18-25,19-26)20-27-22/h25-26H,2-20H2,1H3. The Morgan fingerprint density at radius 3 is 1.70 bits per heavy atom. The van der Waals surface area contributed by atoms with Crippen LogP contribution in [0.15, 0.2) is 17.1 Å². The van der Waals surface area contributed by atoms with E-state index in [0.29, 0.717) is 5.90 Å². The van der Waals surface area contributed by atoms with Crippen LogP contribution in [0.4, 0.5) is 0 Å². The monoisotopic (exact) mass is 381 g/mol. The molecule has 4 heteroatoms. The van der Waals surface area contributed by atoms with Gasteiger partial charge in [-0.3, -0.25) is 0 Å². The minimum Gasteiger partial charge on any atom is -0.475 e. The second-order valence-corrected chi connectivity index (χ2v) is 8.20. The Morgan fingerprint density at radius 2 is 1.30 bits per heavy atom. The van der Waals surface area contributed by atoms with E-state index in [1.165, 1.54) is 83.5 Å². The van der Waals surface area contributed by atoms with Gasteiger partial charge in [0.2, 0.25) is 5.90 Å². The summed E-state index contributed by atoms with van der Waals surface area (Å²) < 4.78 is 5.51. The molecule has 1 rings (SSSR count). The van der Waals surface area contributed by atoms with Crippen molar-refractivity contribution < 1.29 is 14.9 Å². The summed E-state index contributed by atoms with van der Waals surface area (Å²) in [5, 5.41) is 18.7. The van der Waals surface area contributed by atoms with Crippen molar-refractivity contribution in [1.29, 1.82) is 0 Å². The van der Waals surface area contributed by atoms with Crippen molar-refractivity contribution in [2.45, 2.75) is 109 Å². The summed E-state index contributed by atoms with van der Waals surface area (Å²) in [5.41, 5.74) is 0.0195. The minimum absolute atomic E-state index is 0.195. The van der Waals surface area contributed by atoms with E-state index in [-0.39, 0.29) is 19.8 Å². The highest BCUT2D eigenvalue weighted by Gasteiger charge is 2.36. The van der Waals surface area contributed by atoms with Crippen LogP contribution in [0.25, 0.3) is 0 Å². The van der Waals surface area contributed by atoms with Gasteiger partial charge in [0.15, 0.2) is 0 Å². The molecule has 0 radical (unpaired) electrons. The zero-order chi connectivity index (χ0) is 19.8. The van der Waals surface area contributed by atoms with E-state index < -0.39 is 5.54 Å². The van der Waals surface area contributed by atoms with Crippen LogP contribution in [0.3, 0.4) is 0 Å². The summed E-state index contributed by atoms with van der Waals surface area (Å²) >= 11 is 0. The van der Waals surface area contributed by atoms with Crippen molar-refractivity contribution in [1.82, 2.24) is 0 Å². The summed E-state index contributed by atoms with van der Waals surface area (Å²) in [6.45, 7) is 6.18. The Morgan fingerprint density at radius 1 is 0.852 bits per heavy atom. The summed E-state index contributed by atoms with van der Waals surface area (Å²) in [4.78, 5) is 4.34. The molecule has 0 saturated heterocycles. The van der Waals surface area contributed by atoms with E-state index in [1.807, 2.05) is 0 Å². The van der Waals surface area contributed by atoms with Crippen LogP contribution in [0, 0.1) is 0 Å². The van der Waals surface area contributed by atoms with E-state index in [1.54, 1.807) is 0 Å². The number of unbranched alkanes of at least 4 members (excludes halogenated alkanes) is 13. The van der Waals surface area contributed by atoms with E-state index in [4.69, 9.17) is 4.74 Å². The lowest BCUT2D eigenvalue weighted by Gasteiger charge is -2.16. The maximum Gasteiger partial charge on any atom is 0.212 e. The topological polar surface area (TPSA) is 62.1 Å². The zero-order valence-corrected chi connectivity index (χ0v) is 17.7. The van der Waals surface area contributed by atoms with Gasteiger partial charge in [0, 0.05) is 5.57 Å². The first-order valence-electron chi connectivity index (χ1n) is 11.3. The molecule has 0 saturated carbocycles. The molecule has 27 heavy (non-hydrogen) atoms. The van der Waals surface area contributed by atoms with Gasteiger partial charge < -0.3 is 14.9 Å². The highest BCUT2D eigenvalue weighted by Crippen LogP contribution is 2.23. The van der Waals surface area contributed by atoms with Crippen LogP contribution in [0.1, 0.15) is 103 Å². The third kappa shape index (κ3) is 10.3. The third-order valence-electron chi connectivity index (χ3n) is 5.54. The Balaban J connectivity index is 1.91. The number of rotatable bonds is 18. The zero-order valence-electron chi connectivity index (χ0n) is 17.7. The molecule has 1 aliphatic heterocycles. The molecule has 1 heterocycles. The maximum absolute atomic E-state index is 9.35. The van der Waals surface area contributed by atoms with Crippen LogP contribution in [0.5, 0.6) is 0 Å². The van der Waals surface area contributed by atoms with Crippen molar-refractivity contribution in [2.24, 2.45) is 4.99 Å². The van der Waals surface area contributed by atoms with Crippen LogP contribution in [-0.2, 0) is 4.74 Å². The predicted molar refractivity (Wildman–Crippen MR) is 114 cm³/mol. The first-order chi connectivity index (χ1) is 13.2. The summed E-state index contributed by atoms with van der Waals surface area (Å²) in [7, 11) is 0. The molecule has 0 unspecified atom stereocenters. The molecule has 0 aromatic rings. The fourth-order valence-corrected chi connectivity index (χ4v) is 3.52. The van der Waals surface area contributed by atoms with Crippen LogP contribution in [0.2, 0.25) is 0 Å². The number of ether oxygens (including phenoxy) is 1. The summed E-state index contributed by atoms with van der Waals surface area (Å²) in [5.74, 6) is 0.521. The van der Waals surface area contributed by atoms with E-state index in [2.05, 4.69) is 18.5 Å². The van der Waals surface area contributed by atoms with Crippen LogP contribution < -0.4 is 0 Å². The first-order valence-corrected chi connectivity index (χ1v) is 11.3. The van der Waals surface area contributed by atoms with Gasteiger partial charge in [-0.25, -0.2) is 4.99 Å². The lowest BCUT2D eigenvalue weighted by Crippen LogP contribution is -2.37. The normalized spacial score (nSPS) is 15.6. The number of hydrogen-bond donors (Lipinski definition) is 2. The van der Waals surface area contributed by atoms with Gasteiger partial charge in [-0.1, -0.05) is 97.0 Å².